The molecule has 70 valence electrons. The van der Waals surface area contributed by atoms with Crippen LogP contribution in [0.3, 0.4) is 0 Å². The molecule has 4 N–H and O–H groups in total. The molecule has 1 aromatic rings. The summed E-state index contributed by atoms with van der Waals surface area (Å²) >= 11 is 0. The lowest BCUT2D eigenvalue weighted by Gasteiger charge is -2.01. The first kappa shape index (κ1) is 9.54. The standard InChI is InChI=1S/C9H12N2O2/c10-8-3-1-7(2-4-8)5-13-6-9(11)12/h1-4H,5-6,10H2,(H2,11,12). The zero-order valence-corrected chi connectivity index (χ0v) is 7.19. The first-order valence-corrected chi connectivity index (χ1v) is 3.89. The average molecular weight is 180 g/mol. The van der Waals surface area contributed by atoms with Crippen LogP contribution in [0.2, 0.25) is 0 Å². The second-order valence-corrected chi connectivity index (χ2v) is 2.70. The Bertz CT molecular complexity index is 282. The van der Waals surface area contributed by atoms with Crippen molar-refractivity contribution >= 4 is 11.6 Å². The van der Waals surface area contributed by atoms with Crippen LogP contribution in [-0.4, -0.2) is 12.5 Å². The van der Waals surface area contributed by atoms with E-state index in [4.69, 9.17) is 16.2 Å². The Morgan fingerprint density at radius 2 is 1.92 bits per heavy atom. The van der Waals surface area contributed by atoms with Crippen LogP contribution in [0.4, 0.5) is 5.69 Å². The fourth-order valence-corrected chi connectivity index (χ4v) is 0.883. The van der Waals surface area contributed by atoms with Gasteiger partial charge >= 0.3 is 0 Å². The Hall–Kier alpha value is -1.55. The highest BCUT2D eigenvalue weighted by atomic mass is 16.5. The number of rotatable bonds is 4. The lowest BCUT2D eigenvalue weighted by Crippen LogP contribution is -2.17. The number of hydrogen-bond acceptors (Lipinski definition) is 3. The Morgan fingerprint density at radius 1 is 1.31 bits per heavy atom. The zero-order valence-electron chi connectivity index (χ0n) is 7.19. The molecule has 13 heavy (non-hydrogen) atoms. The van der Waals surface area contributed by atoms with Crippen LogP contribution in [-0.2, 0) is 16.1 Å². The van der Waals surface area contributed by atoms with E-state index in [0.717, 1.165) is 5.56 Å². The van der Waals surface area contributed by atoms with E-state index in [1.165, 1.54) is 0 Å². The Balaban J connectivity index is 2.37. The van der Waals surface area contributed by atoms with Crippen molar-refractivity contribution in [3.8, 4) is 0 Å². The van der Waals surface area contributed by atoms with Crippen molar-refractivity contribution in [2.45, 2.75) is 6.61 Å². The summed E-state index contributed by atoms with van der Waals surface area (Å²) in [4.78, 5) is 10.3. The molecule has 0 aliphatic heterocycles. The van der Waals surface area contributed by atoms with E-state index >= 15 is 0 Å². The predicted octanol–water partition coefficient (Wildman–Crippen LogP) is 0.271. The number of benzene rings is 1. The van der Waals surface area contributed by atoms with Crippen LogP contribution in [0, 0.1) is 0 Å². The number of amides is 1. The molecular weight excluding hydrogens is 168 g/mol. The van der Waals surface area contributed by atoms with Gasteiger partial charge in [0.25, 0.3) is 0 Å². The summed E-state index contributed by atoms with van der Waals surface area (Å²) in [6.07, 6.45) is 0. The molecule has 4 heteroatoms. The van der Waals surface area contributed by atoms with Crippen LogP contribution in [0.5, 0.6) is 0 Å². The second kappa shape index (κ2) is 4.47. The smallest absolute Gasteiger partial charge is 0.243 e. The molecule has 0 heterocycles. The molecule has 0 atom stereocenters. The summed E-state index contributed by atoms with van der Waals surface area (Å²) in [5, 5.41) is 0. The first-order valence-electron chi connectivity index (χ1n) is 3.89. The third-order valence-electron chi connectivity index (χ3n) is 1.49. The van der Waals surface area contributed by atoms with Crippen molar-refractivity contribution in [1.82, 2.24) is 0 Å². The third kappa shape index (κ3) is 3.57. The number of nitrogen functional groups attached to an aromatic ring is 1. The minimum Gasteiger partial charge on any atom is -0.399 e. The van der Waals surface area contributed by atoms with Crippen molar-refractivity contribution in [1.29, 1.82) is 0 Å². The molecule has 0 bridgehead atoms. The third-order valence-corrected chi connectivity index (χ3v) is 1.49. The molecule has 0 saturated carbocycles. The monoisotopic (exact) mass is 180 g/mol. The van der Waals surface area contributed by atoms with Crippen molar-refractivity contribution in [2.24, 2.45) is 5.73 Å². The van der Waals surface area contributed by atoms with Gasteiger partial charge in [-0.2, -0.15) is 0 Å². The van der Waals surface area contributed by atoms with Crippen LogP contribution in [0.1, 0.15) is 5.56 Å². The summed E-state index contributed by atoms with van der Waals surface area (Å²) in [6, 6.07) is 7.25. The number of primary amides is 1. The minimum absolute atomic E-state index is 0.0512. The number of hydrogen-bond donors (Lipinski definition) is 2. The summed E-state index contributed by atoms with van der Waals surface area (Å²) in [5.41, 5.74) is 12.1. The number of ether oxygens (including phenoxy) is 1. The fraction of sp³-hybridized carbons (Fsp3) is 0.222. The number of anilines is 1. The lowest BCUT2D eigenvalue weighted by molar-refractivity contribution is -0.122. The molecule has 0 radical (unpaired) electrons. The summed E-state index contributed by atoms with van der Waals surface area (Å²) in [5.74, 6) is -0.463. The van der Waals surface area contributed by atoms with Gasteiger partial charge in [-0.05, 0) is 17.7 Å². The van der Waals surface area contributed by atoms with E-state index in [9.17, 15) is 4.79 Å². The van der Waals surface area contributed by atoms with Crippen LogP contribution in [0.25, 0.3) is 0 Å². The predicted molar refractivity (Wildman–Crippen MR) is 49.7 cm³/mol. The molecule has 0 saturated heterocycles. The van der Waals surface area contributed by atoms with Gasteiger partial charge in [0, 0.05) is 5.69 Å². The van der Waals surface area contributed by atoms with Crippen molar-refractivity contribution < 1.29 is 9.53 Å². The first-order chi connectivity index (χ1) is 6.18. The van der Waals surface area contributed by atoms with Gasteiger partial charge in [-0.25, -0.2) is 0 Å². The van der Waals surface area contributed by atoms with E-state index in [1.807, 2.05) is 12.1 Å². The van der Waals surface area contributed by atoms with Gasteiger partial charge in [0.2, 0.25) is 5.91 Å². The molecule has 0 spiro atoms. The van der Waals surface area contributed by atoms with E-state index < -0.39 is 5.91 Å². The van der Waals surface area contributed by atoms with Crippen LogP contribution >= 0.6 is 0 Å². The van der Waals surface area contributed by atoms with Crippen molar-refractivity contribution in [3.63, 3.8) is 0 Å². The molecule has 0 fully saturated rings. The number of carbonyl (C=O) groups is 1. The second-order valence-electron chi connectivity index (χ2n) is 2.70. The van der Waals surface area contributed by atoms with Crippen LogP contribution in [0.15, 0.2) is 24.3 Å². The van der Waals surface area contributed by atoms with Gasteiger partial charge in [-0.1, -0.05) is 12.1 Å². The molecule has 0 unspecified atom stereocenters. The lowest BCUT2D eigenvalue weighted by atomic mass is 10.2. The van der Waals surface area contributed by atoms with E-state index in [2.05, 4.69) is 0 Å². The van der Waals surface area contributed by atoms with Gasteiger partial charge in [0.05, 0.1) is 6.61 Å². The van der Waals surface area contributed by atoms with Crippen molar-refractivity contribution in [2.75, 3.05) is 12.3 Å². The molecule has 4 nitrogen and oxygen atoms in total. The molecular formula is C9H12N2O2. The SMILES string of the molecule is NC(=O)COCc1ccc(N)cc1. The Labute approximate surface area is 76.5 Å². The Morgan fingerprint density at radius 3 is 2.46 bits per heavy atom. The van der Waals surface area contributed by atoms with Gasteiger partial charge < -0.3 is 16.2 Å². The van der Waals surface area contributed by atoms with Gasteiger partial charge in [-0.3, -0.25) is 4.79 Å². The summed E-state index contributed by atoms with van der Waals surface area (Å²) in [7, 11) is 0. The highest BCUT2D eigenvalue weighted by Crippen LogP contribution is 2.06. The number of carbonyl (C=O) groups excluding carboxylic acids is 1. The highest BCUT2D eigenvalue weighted by molar-refractivity contribution is 5.74. The largest absolute Gasteiger partial charge is 0.399 e. The van der Waals surface area contributed by atoms with Crippen molar-refractivity contribution in [3.05, 3.63) is 29.8 Å². The van der Waals surface area contributed by atoms with E-state index in [0.29, 0.717) is 12.3 Å². The summed E-state index contributed by atoms with van der Waals surface area (Å²) in [6.45, 7) is 0.327. The maximum absolute atomic E-state index is 10.3. The van der Waals surface area contributed by atoms with E-state index in [1.54, 1.807) is 12.1 Å². The normalized spacial score (nSPS) is 9.85. The molecule has 1 aromatic carbocycles. The zero-order chi connectivity index (χ0) is 9.68. The topological polar surface area (TPSA) is 78.3 Å². The maximum atomic E-state index is 10.3. The molecule has 0 aliphatic carbocycles. The number of nitrogens with two attached hydrogens (primary N) is 2. The molecule has 0 aliphatic rings. The maximum Gasteiger partial charge on any atom is 0.243 e. The molecule has 0 aromatic heterocycles. The summed E-state index contributed by atoms with van der Waals surface area (Å²) < 4.78 is 5.01. The minimum atomic E-state index is -0.463. The van der Waals surface area contributed by atoms with Crippen LogP contribution < -0.4 is 11.5 Å². The van der Waals surface area contributed by atoms with E-state index in [-0.39, 0.29) is 6.61 Å². The molecule has 1 amide bonds. The fourth-order valence-electron chi connectivity index (χ4n) is 0.883. The molecule has 1 rings (SSSR count). The highest BCUT2D eigenvalue weighted by Gasteiger charge is 1.95. The van der Waals surface area contributed by atoms with Gasteiger partial charge in [-0.15, -0.1) is 0 Å². The Kier molecular flexibility index (Phi) is 3.28. The quantitative estimate of drug-likeness (QED) is 0.653. The average Bonchev–Trinajstić information content (AvgIpc) is 2.08. The van der Waals surface area contributed by atoms with Gasteiger partial charge in [0.1, 0.15) is 6.61 Å². The van der Waals surface area contributed by atoms with Gasteiger partial charge in [0.15, 0.2) is 0 Å².